The molecule has 1 aromatic carbocycles. The van der Waals surface area contributed by atoms with Gasteiger partial charge < -0.3 is 14.5 Å². The van der Waals surface area contributed by atoms with Gasteiger partial charge in [-0.15, -0.1) is 0 Å². The maximum Gasteiger partial charge on any atom is 0.246 e. The number of hydrogen-bond donors (Lipinski definition) is 1. The van der Waals surface area contributed by atoms with E-state index in [1.165, 1.54) is 32.1 Å². The summed E-state index contributed by atoms with van der Waals surface area (Å²) in [4.78, 5) is 32.5. The van der Waals surface area contributed by atoms with Gasteiger partial charge in [-0.3, -0.25) is 14.9 Å². The molecule has 0 unspecified atom stereocenters. The van der Waals surface area contributed by atoms with Crippen LogP contribution in [0.15, 0.2) is 23.2 Å². The summed E-state index contributed by atoms with van der Waals surface area (Å²) < 4.78 is 5.90. The van der Waals surface area contributed by atoms with Crippen LogP contribution in [0, 0.1) is 0 Å². The van der Waals surface area contributed by atoms with Gasteiger partial charge in [0.25, 0.3) is 0 Å². The van der Waals surface area contributed by atoms with Gasteiger partial charge in [0.1, 0.15) is 12.3 Å². The number of nitrogens with zero attached hydrogens (tertiary/aromatic N) is 3. The van der Waals surface area contributed by atoms with E-state index in [-0.39, 0.29) is 11.8 Å². The van der Waals surface area contributed by atoms with Crippen LogP contribution in [-0.4, -0.2) is 53.8 Å². The van der Waals surface area contributed by atoms with Gasteiger partial charge in [-0.05, 0) is 37.5 Å². The standard InChI is InChI=1S/C23H32N4O3/c1-26(18-8-5-3-2-4-6-9-18)22(29)10-7-13-30-19-11-12-20-17(14-19)15-27-16-21(28)25-23(27)24-20/h11-12,14,18H,2-10,13,15-16H2,1H3,(H,24,25,28). The topological polar surface area (TPSA) is 74.2 Å². The minimum absolute atomic E-state index is 0.0212. The Balaban J connectivity index is 1.23. The third-order valence-electron chi connectivity index (χ3n) is 6.34. The first-order valence-electron chi connectivity index (χ1n) is 11.2. The summed E-state index contributed by atoms with van der Waals surface area (Å²) >= 11 is 0. The van der Waals surface area contributed by atoms with E-state index in [1.807, 2.05) is 35.0 Å². The van der Waals surface area contributed by atoms with E-state index in [2.05, 4.69) is 10.3 Å². The smallest absolute Gasteiger partial charge is 0.246 e. The molecule has 1 N–H and O–H groups in total. The average molecular weight is 413 g/mol. The molecule has 2 amide bonds. The fourth-order valence-electron chi connectivity index (χ4n) is 4.54. The van der Waals surface area contributed by atoms with Crippen molar-refractivity contribution in [2.45, 2.75) is 70.4 Å². The van der Waals surface area contributed by atoms with Crippen molar-refractivity contribution in [2.24, 2.45) is 4.99 Å². The summed E-state index contributed by atoms with van der Waals surface area (Å²) in [6.45, 7) is 1.51. The Morgan fingerprint density at radius 2 is 1.97 bits per heavy atom. The number of carbonyl (C=O) groups excluding carboxylic acids is 2. The fraction of sp³-hybridized carbons (Fsp3) is 0.609. The van der Waals surface area contributed by atoms with Crippen molar-refractivity contribution < 1.29 is 14.3 Å². The van der Waals surface area contributed by atoms with Crippen LogP contribution in [0.3, 0.4) is 0 Å². The molecule has 1 aromatic rings. The molecule has 30 heavy (non-hydrogen) atoms. The molecule has 2 fully saturated rings. The molecule has 7 heteroatoms. The summed E-state index contributed by atoms with van der Waals surface area (Å²) in [5, 5.41) is 2.77. The van der Waals surface area contributed by atoms with Crippen molar-refractivity contribution in [3.8, 4) is 5.75 Å². The Labute approximate surface area is 178 Å². The lowest BCUT2D eigenvalue weighted by molar-refractivity contribution is -0.132. The molecule has 7 nitrogen and oxygen atoms in total. The number of ether oxygens (including phenoxy) is 1. The first-order valence-corrected chi connectivity index (χ1v) is 11.2. The summed E-state index contributed by atoms with van der Waals surface area (Å²) in [7, 11) is 1.96. The van der Waals surface area contributed by atoms with Crippen LogP contribution in [0.4, 0.5) is 5.69 Å². The lowest BCUT2D eigenvalue weighted by atomic mass is 9.95. The highest BCUT2D eigenvalue weighted by molar-refractivity contribution is 6.05. The lowest BCUT2D eigenvalue weighted by Gasteiger charge is -2.30. The van der Waals surface area contributed by atoms with Gasteiger partial charge in [0.05, 0.1) is 12.3 Å². The van der Waals surface area contributed by atoms with E-state index in [1.54, 1.807) is 0 Å². The summed E-state index contributed by atoms with van der Waals surface area (Å²) in [5.74, 6) is 1.62. The average Bonchev–Trinajstić information content (AvgIpc) is 3.07. The first-order chi connectivity index (χ1) is 14.6. The number of fused-ring (bicyclic) bond motifs is 2. The molecule has 0 radical (unpaired) electrons. The van der Waals surface area contributed by atoms with Crippen molar-refractivity contribution in [2.75, 3.05) is 20.2 Å². The van der Waals surface area contributed by atoms with E-state index in [0.717, 1.165) is 29.8 Å². The number of benzene rings is 1. The minimum Gasteiger partial charge on any atom is -0.494 e. The van der Waals surface area contributed by atoms with Gasteiger partial charge in [0, 0.05) is 31.6 Å². The van der Waals surface area contributed by atoms with Crippen molar-refractivity contribution in [3.05, 3.63) is 23.8 Å². The molecular weight excluding hydrogens is 380 g/mol. The van der Waals surface area contributed by atoms with Crippen molar-refractivity contribution in [3.63, 3.8) is 0 Å². The first kappa shape index (κ1) is 20.7. The molecule has 1 saturated heterocycles. The summed E-state index contributed by atoms with van der Waals surface area (Å²) in [6.07, 6.45) is 9.90. The summed E-state index contributed by atoms with van der Waals surface area (Å²) in [5.41, 5.74) is 1.92. The largest absolute Gasteiger partial charge is 0.494 e. The van der Waals surface area contributed by atoms with Crippen LogP contribution < -0.4 is 10.1 Å². The molecule has 4 rings (SSSR count). The molecule has 1 aliphatic carbocycles. The van der Waals surface area contributed by atoms with Gasteiger partial charge in [0.2, 0.25) is 17.8 Å². The highest BCUT2D eigenvalue weighted by Gasteiger charge is 2.29. The molecule has 0 aromatic heterocycles. The normalized spacial score (nSPS) is 19.2. The Hall–Kier alpha value is -2.57. The van der Waals surface area contributed by atoms with Gasteiger partial charge in [-0.1, -0.05) is 32.1 Å². The van der Waals surface area contributed by atoms with Crippen LogP contribution in [0.5, 0.6) is 5.75 Å². The predicted molar refractivity (Wildman–Crippen MR) is 116 cm³/mol. The molecule has 0 atom stereocenters. The number of nitrogens with one attached hydrogen (secondary N) is 1. The highest BCUT2D eigenvalue weighted by atomic mass is 16.5. The van der Waals surface area contributed by atoms with E-state index in [9.17, 15) is 9.59 Å². The molecule has 1 saturated carbocycles. The quantitative estimate of drug-likeness (QED) is 0.727. The van der Waals surface area contributed by atoms with Crippen LogP contribution >= 0.6 is 0 Å². The maximum absolute atomic E-state index is 12.6. The Morgan fingerprint density at radius 3 is 2.77 bits per heavy atom. The lowest BCUT2D eigenvalue weighted by Crippen LogP contribution is -2.37. The maximum atomic E-state index is 12.6. The van der Waals surface area contributed by atoms with Crippen LogP contribution in [-0.2, 0) is 16.1 Å². The van der Waals surface area contributed by atoms with E-state index < -0.39 is 0 Å². The third kappa shape index (κ3) is 4.94. The zero-order chi connectivity index (χ0) is 20.9. The third-order valence-corrected chi connectivity index (χ3v) is 6.34. The molecule has 3 aliphatic rings. The summed E-state index contributed by atoms with van der Waals surface area (Å²) in [6, 6.07) is 6.21. The Kier molecular flexibility index (Phi) is 6.55. The number of aliphatic imine (C=N–C) groups is 1. The van der Waals surface area contributed by atoms with Gasteiger partial charge in [0.15, 0.2) is 0 Å². The Bertz CT molecular complexity index is 815. The zero-order valence-electron chi connectivity index (χ0n) is 17.9. The van der Waals surface area contributed by atoms with Crippen LogP contribution in [0.1, 0.15) is 63.4 Å². The number of carbonyl (C=O) groups is 2. The van der Waals surface area contributed by atoms with Crippen molar-refractivity contribution >= 4 is 23.5 Å². The highest BCUT2D eigenvalue weighted by Crippen LogP contribution is 2.30. The van der Waals surface area contributed by atoms with Crippen LogP contribution in [0.2, 0.25) is 0 Å². The monoisotopic (exact) mass is 412 g/mol. The van der Waals surface area contributed by atoms with Crippen molar-refractivity contribution in [1.29, 1.82) is 0 Å². The minimum atomic E-state index is -0.0212. The number of hydrogen-bond acceptors (Lipinski definition) is 5. The number of guanidine groups is 1. The molecule has 0 spiro atoms. The van der Waals surface area contributed by atoms with E-state index in [4.69, 9.17) is 4.74 Å². The zero-order valence-corrected chi connectivity index (χ0v) is 17.9. The number of rotatable bonds is 6. The molecule has 162 valence electrons. The van der Waals surface area contributed by atoms with E-state index >= 15 is 0 Å². The fourth-order valence-corrected chi connectivity index (χ4v) is 4.54. The van der Waals surface area contributed by atoms with Crippen LogP contribution in [0.25, 0.3) is 0 Å². The second-order valence-electron chi connectivity index (χ2n) is 8.59. The molecule has 0 bridgehead atoms. The molecular formula is C23H32N4O3. The number of amides is 2. The SMILES string of the molecule is CN(C(=O)CCCOc1ccc2c(c1)CN1CC(=O)NC1=N2)C1CCCCCCC1. The Morgan fingerprint density at radius 1 is 1.20 bits per heavy atom. The van der Waals surface area contributed by atoms with Gasteiger partial charge in [-0.2, -0.15) is 0 Å². The second-order valence-corrected chi connectivity index (χ2v) is 8.59. The van der Waals surface area contributed by atoms with Gasteiger partial charge in [-0.25, -0.2) is 4.99 Å². The second kappa shape index (κ2) is 9.49. The van der Waals surface area contributed by atoms with Crippen molar-refractivity contribution in [1.82, 2.24) is 15.1 Å². The molecule has 2 heterocycles. The van der Waals surface area contributed by atoms with E-state index in [0.29, 0.717) is 44.5 Å². The van der Waals surface area contributed by atoms with Gasteiger partial charge >= 0.3 is 0 Å². The predicted octanol–water partition coefficient (Wildman–Crippen LogP) is 3.35. The molecule has 2 aliphatic heterocycles.